The van der Waals surface area contributed by atoms with Gasteiger partial charge in [-0.05, 0) is 0 Å². The van der Waals surface area contributed by atoms with Gasteiger partial charge in [-0.3, -0.25) is 0 Å². The molecule has 0 saturated carbocycles. The van der Waals surface area contributed by atoms with Gasteiger partial charge in [0.2, 0.25) is 0 Å². The summed E-state index contributed by atoms with van der Waals surface area (Å²) in [6.07, 6.45) is 0. The summed E-state index contributed by atoms with van der Waals surface area (Å²) >= 11 is 0.932. The number of rotatable bonds is 2. The van der Waals surface area contributed by atoms with Crippen LogP contribution in [0, 0.1) is 22.7 Å². The molecule has 1 aromatic heterocycles. The molecular formula is C12H6N2O4S2. The minimum absolute atomic E-state index is 0.122. The fraction of sp³-hybridized carbons (Fsp3) is 0.167. The average molecular weight is 306 g/mol. The molecule has 1 aromatic rings. The Balaban J connectivity index is 2.80. The molecule has 6 nitrogen and oxygen atoms in total. The maximum Gasteiger partial charge on any atom is 0.348 e. The van der Waals surface area contributed by atoms with Gasteiger partial charge in [0.25, 0.3) is 0 Å². The standard InChI is InChI=1S/C12H6N2O4S2/c1-17-11(15)9-7-5(3-13)19-6(4-14)8(7)10(20-9)12(16)18-2/h1-2H3. The SMILES string of the molecule is COC(=O)C1=S=C(C(=O)OC)c2c(C#N)sc(C#N)c21. The Bertz CT molecular complexity index is 725. The molecule has 8 heteroatoms. The third-order valence-corrected chi connectivity index (χ3v) is 4.66. The van der Waals surface area contributed by atoms with Crippen LogP contribution in [-0.2, 0) is 19.1 Å². The molecule has 0 N–H and O–H groups in total. The fourth-order valence-electron chi connectivity index (χ4n) is 1.70. The van der Waals surface area contributed by atoms with Crippen molar-refractivity contribution in [1.82, 2.24) is 0 Å². The summed E-state index contributed by atoms with van der Waals surface area (Å²) in [6.45, 7) is 0. The molecular weight excluding hydrogens is 300 g/mol. The maximum atomic E-state index is 11.8. The van der Waals surface area contributed by atoms with Crippen molar-refractivity contribution in [3.63, 3.8) is 0 Å². The van der Waals surface area contributed by atoms with Crippen molar-refractivity contribution in [2.45, 2.75) is 0 Å². The van der Waals surface area contributed by atoms with E-state index in [2.05, 4.69) is 9.47 Å². The van der Waals surface area contributed by atoms with Gasteiger partial charge >= 0.3 is 11.9 Å². The van der Waals surface area contributed by atoms with Crippen LogP contribution in [0.4, 0.5) is 0 Å². The highest BCUT2D eigenvalue weighted by molar-refractivity contribution is 8.02. The Labute approximate surface area is 121 Å². The van der Waals surface area contributed by atoms with E-state index in [-0.39, 0.29) is 30.6 Å². The zero-order valence-electron chi connectivity index (χ0n) is 10.3. The Morgan fingerprint density at radius 1 is 0.950 bits per heavy atom. The minimum atomic E-state index is -0.658. The van der Waals surface area contributed by atoms with Gasteiger partial charge in [-0.25, -0.2) is 9.59 Å². The summed E-state index contributed by atoms with van der Waals surface area (Å²) in [7, 11) is 3.27. The van der Waals surface area contributed by atoms with E-state index < -0.39 is 11.9 Å². The molecule has 100 valence electrons. The largest absolute Gasteiger partial charge is 0.465 e. The smallest absolute Gasteiger partial charge is 0.348 e. The number of carbonyl (C=O) groups is 2. The first kappa shape index (κ1) is 14.0. The first-order valence-corrected chi connectivity index (χ1v) is 6.78. The average Bonchev–Trinajstić information content (AvgIpc) is 3.03. The Kier molecular flexibility index (Phi) is 3.70. The summed E-state index contributed by atoms with van der Waals surface area (Å²) in [5, 5.41) is 18.2. The molecule has 0 saturated heterocycles. The highest BCUT2D eigenvalue weighted by Crippen LogP contribution is 2.34. The van der Waals surface area contributed by atoms with Gasteiger partial charge < -0.3 is 9.47 Å². The highest BCUT2D eigenvalue weighted by atomic mass is 32.1. The Morgan fingerprint density at radius 2 is 1.35 bits per heavy atom. The Hall–Kier alpha value is -2.42. The number of esters is 2. The van der Waals surface area contributed by atoms with Crippen LogP contribution in [0.25, 0.3) is 0 Å². The van der Waals surface area contributed by atoms with Gasteiger partial charge in [0, 0.05) is 11.1 Å². The molecule has 0 unspecified atom stereocenters. The maximum absolute atomic E-state index is 11.8. The number of fused-ring (bicyclic) bond motifs is 1. The van der Waals surface area contributed by atoms with Crippen molar-refractivity contribution in [1.29, 1.82) is 10.5 Å². The van der Waals surface area contributed by atoms with Crippen molar-refractivity contribution in [3.8, 4) is 12.1 Å². The van der Waals surface area contributed by atoms with E-state index in [9.17, 15) is 9.59 Å². The van der Waals surface area contributed by atoms with Crippen LogP contribution >= 0.6 is 22.3 Å². The normalized spacial score (nSPS) is 12.0. The van der Waals surface area contributed by atoms with Gasteiger partial charge in [-0.1, -0.05) is 0 Å². The van der Waals surface area contributed by atoms with Crippen molar-refractivity contribution in [2.24, 2.45) is 0 Å². The molecule has 1 aliphatic rings. The third-order valence-electron chi connectivity index (χ3n) is 2.51. The molecule has 0 spiro atoms. The summed E-state index contributed by atoms with van der Waals surface area (Å²) in [5.41, 5.74) is 0.567. The molecule has 0 amide bonds. The van der Waals surface area contributed by atoms with Gasteiger partial charge in [0.15, 0.2) is 0 Å². The second kappa shape index (κ2) is 5.29. The first-order valence-electron chi connectivity index (χ1n) is 5.15. The van der Waals surface area contributed by atoms with Crippen LogP contribution in [0.3, 0.4) is 0 Å². The number of nitrogens with zero attached hydrogens (tertiary/aromatic N) is 2. The van der Waals surface area contributed by atoms with Crippen LogP contribution in [0.15, 0.2) is 0 Å². The topological polar surface area (TPSA) is 100 Å². The second-order valence-corrected chi connectivity index (χ2v) is 5.52. The van der Waals surface area contributed by atoms with Crippen molar-refractivity contribution in [2.75, 3.05) is 14.2 Å². The molecule has 0 aliphatic carbocycles. The van der Waals surface area contributed by atoms with Crippen molar-refractivity contribution < 1.29 is 19.1 Å². The van der Waals surface area contributed by atoms with E-state index in [4.69, 9.17) is 10.5 Å². The van der Waals surface area contributed by atoms with Crippen LogP contribution in [0.2, 0.25) is 0 Å². The van der Waals surface area contributed by atoms with E-state index in [0.29, 0.717) is 0 Å². The highest BCUT2D eigenvalue weighted by Gasteiger charge is 2.35. The monoisotopic (exact) mass is 306 g/mol. The van der Waals surface area contributed by atoms with Crippen molar-refractivity contribution in [3.05, 3.63) is 20.9 Å². The second-order valence-electron chi connectivity index (χ2n) is 3.48. The zero-order chi connectivity index (χ0) is 14.9. The summed E-state index contributed by atoms with van der Waals surface area (Å²) in [5.74, 6) is -1.32. The van der Waals surface area contributed by atoms with Crippen LogP contribution in [0.5, 0.6) is 0 Å². The molecule has 0 atom stereocenters. The van der Waals surface area contributed by atoms with Crippen molar-refractivity contribution >= 4 is 43.9 Å². The number of carbonyl (C=O) groups excluding carboxylic acids is 2. The van der Waals surface area contributed by atoms with Gasteiger partial charge in [-0.2, -0.15) is 10.5 Å². The first-order chi connectivity index (χ1) is 9.58. The number of hydrogen-bond acceptors (Lipinski definition) is 7. The van der Waals surface area contributed by atoms with Gasteiger partial charge in [-0.15, -0.1) is 22.3 Å². The molecule has 2 heterocycles. The minimum Gasteiger partial charge on any atom is -0.465 e. The van der Waals surface area contributed by atoms with Crippen LogP contribution in [-0.4, -0.2) is 35.9 Å². The lowest BCUT2D eigenvalue weighted by atomic mass is 10.0. The molecule has 0 fully saturated rings. The van der Waals surface area contributed by atoms with E-state index in [1.54, 1.807) is 0 Å². The van der Waals surface area contributed by atoms with E-state index in [1.165, 1.54) is 14.2 Å². The number of methoxy groups -OCH3 is 2. The predicted molar refractivity (Wildman–Crippen MR) is 73.6 cm³/mol. The molecule has 0 radical (unpaired) electrons. The lowest BCUT2D eigenvalue weighted by Crippen LogP contribution is -2.16. The number of thiophene rings is 1. The fourth-order valence-corrected chi connectivity index (χ4v) is 3.89. The molecule has 2 rings (SSSR count). The molecule has 1 aliphatic heterocycles. The summed E-state index contributed by atoms with van der Waals surface area (Å²) in [6, 6.07) is 3.86. The lowest BCUT2D eigenvalue weighted by Gasteiger charge is -2.00. The number of nitriles is 2. The quantitative estimate of drug-likeness (QED) is 0.586. The van der Waals surface area contributed by atoms with Gasteiger partial charge in [0.1, 0.15) is 31.6 Å². The molecule has 20 heavy (non-hydrogen) atoms. The Morgan fingerprint density at radius 3 is 1.65 bits per heavy atom. The van der Waals surface area contributed by atoms with E-state index >= 15 is 0 Å². The molecule has 0 bridgehead atoms. The molecule has 0 aromatic carbocycles. The number of ether oxygens (including phenoxy) is 2. The predicted octanol–water partition coefficient (Wildman–Crippen LogP) is 0.625. The third kappa shape index (κ3) is 1.92. The van der Waals surface area contributed by atoms with E-state index in [1.807, 2.05) is 12.1 Å². The van der Waals surface area contributed by atoms with Gasteiger partial charge in [0.05, 0.1) is 14.2 Å². The summed E-state index contributed by atoms with van der Waals surface area (Å²) < 4.78 is 9.29. The van der Waals surface area contributed by atoms with Crippen LogP contribution in [0.1, 0.15) is 20.9 Å². The summed E-state index contributed by atoms with van der Waals surface area (Å²) in [4.78, 5) is 24.2. The zero-order valence-corrected chi connectivity index (χ0v) is 12.0. The van der Waals surface area contributed by atoms with E-state index in [0.717, 1.165) is 22.3 Å². The number of hydrogen-bond donors (Lipinski definition) is 0. The lowest BCUT2D eigenvalue weighted by molar-refractivity contribution is -0.133. The van der Waals surface area contributed by atoms with Crippen LogP contribution < -0.4 is 0 Å².